The van der Waals surface area contributed by atoms with Crippen molar-refractivity contribution in [3.63, 3.8) is 0 Å². The molecule has 0 aliphatic rings. The molecule has 0 fully saturated rings. The maximum absolute atomic E-state index is 6.31. The molecular formula is C15H17ClN2. The molecule has 2 aromatic rings. The molecule has 1 aromatic heterocycles. The van der Waals surface area contributed by atoms with Gasteiger partial charge in [0.1, 0.15) is 0 Å². The molecule has 1 aromatic carbocycles. The van der Waals surface area contributed by atoms with E-state index in [0.717, 1.165) is 21.8 Å². The molecule has 2 unspecified atom stereocenters. The third kappa shape index (κ3) is 2.71. The molecule has 2 atom stereocenters. The fourth-order valence-corrected chi connectivity index (χ4v) is 2.11. The van der Waals surface area contributed by atoms with Crippen molar-refractivity contribution in [1.29, 1.82) is 0 Å². The van der Waals surface area contributed by atoms with Gasteiger partial charge in [-0.3, -0.25) is 4.98 Å². The first-order chi connectivity index (χ1) is 8.59. The van der Waals surface area contributed by atoms with E-state index < -0.39 is 0 Å². The minimum absolute atomic E-state index is 0.0733. The van der Waals surface area contributed by atoms with E-state index in [0.29, 0.717) is 0 Å². The summed E-state index contributed by atoms with van der Waals surface area (Å²) in [4.78, 5) is 4.36. The summed E-state index contributed by atoms with van der Waals surface area (Å²) in [6.07, 6.45) is 1.80. The molecule has 0 amide bonds. The first kappa shape index (κ1) is 13.1. The van der Waals surface area contributed by atoms with Crippen LogP contribution in [-0.4, -0.2) is 4.98 Å². The predicted molar refractivity (Wildman–Crippen MR) is 75.8 cm³/mol. The molecule has 0 bridgehead atoms. The zero-order valence-electron chi connectivity index (χ0n) is 10.6. The molecule has 0 radical (unpaired) electrons. The van der Waals surface area contributed by atoms with Crippen molar-refractivity contribution in [2.45, 2.75) is 25.8 Å². The monoisotopic (exact) mass is 260 g/mol. The smallest absolute Gasteiger partial charge is 0.0450 e. The second-order valence-electron chi connectivity index (χ2n) is 4.58. The fraction of sp³-hybridized carbons (Fsp3) is 0.267. The molecule has 0 aliphatic carbocycles. The lowest BCUT2D eigenvalue weighted by Crippen LogP contribution is -2.18. The van der Waals surface area contributed by atoms with E-state index in [1.54, 1.807) is 6.20 Å². The summed E-state index contributed by atoms with van der Waals surface area (Å²) < 4.78 is 0. The molecule has 0 saturated heterocycles. The maximum atomic E-state index is 6.31. The van der Waals surface area contributed by atoms with Gasteiger partial charge in [0.2, 0.25) is 0 Å². The number of nitrogens with two attached hydrogens (primary N) is 1. The van der Waals surface area contributed by atoms with Crippen LogP contribution in [0.4, 0.5) is 0 Å². The molecule has 0 aliphatic heterocycles. The van der Waals surface area contributed by atoms with Gasteiger partial charge in [0, 0.05) is 28.9 Å². The molecule has 0 saturated carbocycles. The van der Waals surface area contributed by atoms with Crippen molar-refractivity contribution in [3.05, 3.63) is 64.4 Å². The average Bonchev–Trinajstić information content (AvgIpc) is 2.41. The van der Waals surface area contributed by atoms with E-state index in [9.17, 15) is 0 Å². The first-order valence-corrected chi connectivity index (χ1v) is 6.40. The third-order valence-electron chi connectivity index (χ3n) is 3.26. The van der Waals surface area contributed by atoms with E-state index in [1.807, 2.05) is 43.3 Å². The van der Waals surface area contributed by atoms with Crippen molar-refractivity contribution < 1.29 is 0 Å². The van der Waals surface area contributed by atoms with Crippen LogP contribution in [0.5, 0.6) is 0 Å². The van der Waals surface area contributed by atoms with Gasteiger partial charge in [-0.25, -0.2) is 0 Å². The van der Waals surface area contributed by atoms with Gasteiger partial charge in [0.25, 0.3) is 0 Å². The Balaban J connectivity index is 2.25. The first-order valence-electron chi connectivity index (χ1n) is 6.02. The molecule has 0 spiro atoms. The van der Waals surface area contributed by atoms with Crippen LogP contribution in [0.15, 0.2) is 42.6 Å². The molecule has 3 heteroatoms. The Hall–Kier alpha value is -1.38. The second-order valence-corrected chi connectivity index (χ2v) is 4.98. The Morgan fingerprint density at radius 2 is 2.00 bits per heavy atom. The number of aromatic nitrogens is 1. The van der Waals surface area contributed by atoms with Crippen molar-refractivity contribution in [2.24, 2.45) is 5.73 Å². The normalized spacial score (nSPS) is 14.2. The maximum Gasteiger partial charge on any atom is 0.0450 e. The summed E-state index contributed by atoms with van der Waals surface area (Å²) in [5.41, 5.74) is 9.46. The minimum Gasteiger partial charge on any atom is -0.323 e. The number of rotatable bonds is 3. The van der Waals surface area contributed by atoms with E-state index in [2.05, 4.69) is 11.9 Å². The average molecular weight is 261 g/mol. The summed E-state index contributed by atoms with van der Waals surface area (Å²) in [6, 6.07) is 11.8. The number of hydrogen-bond donors (Lipinski definition) is 1. The lowest BCUT2D eigenvalue weighted by Gasteiger charge is -2.20. The predicted octanol–water partition coefficient (Wildman–Crippen LogP) is 3.85. The molecule has 94 valence electrons. The summed E-state index contributed by atoms with van der Waals surface area (Å²) in [6.45, 7) is 4.08. The van der Waals surface area contributed by atoms with Crippen LogP contribution < -0.4 is 5.73 Å². The Morgan fingerprint density at radius 1 is 1.22 bits per heavy atom. The molecule has 2 rings (SSSR count). The minimum atomic E-state index is -0.0733. The van der Waals surface area contributed by atoms with Crippen LogP contribution in [0.1, 0.15) is 35.7 Å². The highest BCUT2D eigenvalue weighted by atomic mass is 35.5. The number of pyridine rings is 1. The van der Waals surface area contributed by atoms with Crippen LogP contribution in [-0.2, 0) is 0 Å². The van der Waals surface area contributed by atoms with Gasteiger partial charge in [0.15, 0.2) is 0 Å². The van der Waals surface area contributed by atoms with Gasteiger partial charge in [0.05, 0.1) is 0 Å². The fourth-order valence-electron chi connectivity index (χ4n) is 1.99. The van der Waals surface area contributed by atoms with Crippen LogP contribution in [0.2, 0.25) is 5.02 Å². The highest BCUT2D eigenvalue weighted by Gasteiger charge is 2.18. The zero-order chi connectivity index (χ0) is 13.1. The van der Waals surface area contributed by atoms with Gasteiger partial charge in [-0.05, 0) is 36.2 Å². The highest BCUT2D eigenvalue weighted by molar-refractivity contribution is 6.31. The van der Waals surface area contributed by atoms with Gasteiger partial charge in [-0.2, -0.15) is 0 Å². The number of hydrogen-bond acceptors (Lipinski definition) is 2. The number of benzene rings is 1. The highest BCUT2D eigenvalue weighted by Crippen LogP contribution is 2.29. The lowest BCUT2D eigenvalue weighted by molar-refractivity contribution is 0.583. The molecule has 18 heavy (non-hydrogen) atoms. The third-order valence-corrected chi connectivity index (χ3v) is 3.68. The van der Waals surface area contributed by atoms with Gasteiger partial charge in [-0.1, -0.05) is 36.7 Å². The van der Waals surface area contributed by atoms with Crippen LogP contribution in [0, 0.1) is 6.92 Å². The van der Waals surface area contributed by atoms with E-state index in [-0.39, 0.29) is 12.0 Å². The van der Waals surface area contributed by atoms with Crippen molar-refractivity contribution in [3.8, 4) is 0 Å². The Bertz CT molecular complexity index is 525. The second kappa shape index (κ2) is 5.51. The van der Waals surface area contributed by atoms with E-state index in [4.69, 9.17) is 17.3 Å². The lowest BCUT2D eigenvalue weighted by atomic mass is 9.91. The van der Waals surface area contributed by atoms with Crippen LogP contribution in [0.3, 0.4) is 0 Å². The van der Waals surface area contributed by atoms with Crippen molar-refractivity contribution in [2.75, 3.05) is 0 Å². The summed E-state index contributed by atoms with van der Waals surface area (Å²) in [5, 5.41) is 0.774. The topological polar surface area (TPSA) is 38.9 Å². The summed E-state index contributed by atoms with van der Waals surface area (Å²) in [7, 11) is 0. The number of halogens is 1. The van der Waals surface area contributed by atoms with Crippen molar-refractivity contribution >= 4 is 11.6 Å². The zero-order valence-corrected chi connectivity index (χ0v) is 11.4. The van der Waals surface area contributed by atoms with E-state index in [1.165, 1.54) is 0 Å². The van der Waals surface area contributed by atoms with Gasteiger partial charge >= 0.3 is 0 Å². The van der Waals surface area contributed by atoms with Crippen LogP contribution in [0.25, 0.3) is 0 Å². The Labute approximate surface area is 113 Å². The quantitative estimate of drug-likeness (QED) is 0.911. The van der Waals surface area contributed by atoms with Crippen molar-refractivity contribution in [1.82, 2.24) is 4.98 Å². The Morgan fingerprint density at radius 3 is 2.61 bits per heavy atom. The summed E-state index contributed by atoms with van der Waals surface area (Å²) >= 11 is 6.03. The Kier molecular flexibility index (Phi) is 4.00. The SMILES string of the molecule is Cc1cc(C(N)C(C)c2ccccn2)ccc1Cl. The molecule has 2 N–H and O–H groups in total. The molecule has 1 heterocycles. The van der Waals surface area contributed by atoms with Gasteiger partial charge < -0.3 is 5.73 Å². The largest absolute Gasteiger partial charge is 0.323 e. The number of nitrogens with zero attached hydrogens (tertiary/aromatic N) is 1. The molecular weight excluding hydrogens is 244 g/mol. The van der Waals surface area contributed by atoms with Crippen LogP contribution >= 0.6 is 11.6 Å². The van der Waals surface area contributed by atoms with E-state index >= 15 is 0 Å². The molecule has 2 nitrogen and oxygen atoms in total. The summed E-state index contributed by atoms with van der Waals surface area (Å²) in [5.74, 6) is 0.173. The van der Waals surface area contributed by atoms with Gasteiger partial charge in [-0.15, -0.1) is 0 Å². The number of aryl methyl sites for hydroxylation is 1. The standard InChI is InChI=1S/C15H17ClN2/c1-10-9-12(6-7-13(10)16)15(17)11(2)14-5-3-4-8-18-14/h3-9,11,15H,17H2,1-2H3.